The van der Waals surface area contributed by atoms with Gasteiger partial charge < -0.3 is 15.8 Å². The summed E-state index contributed by atoms with van der Waals surface area (Å²) in [6.07, 6.45) is 5.28. The lowest BCUT2D eigenvalue weighted by atomic mass is 10.0. The van der Waals surface area contributed by atoms with Gasteiger partial charge in [0.2, 0.25) is 0 Å². The third-order valence-electron chi connectivity index (χ3n) is 3.69. The molecule has 2 aromatic rings. The summed E-state index contributed by atoms with van der Waals surface area (Å²) in [6, 6.07) is 7.34. The van der Waals surface area contributed by atoms with Crippen molar-refractivity contribution >= 4 is 12.0 Å². The third kappa shape index (κ3) is 4.08. The van der Waals surface area contributed by atoms with E-state index in [1.54, 1.807) is 12.4 Å². The fraction of sp³-hybridized carbons (Fsp3) is 0.333. The highest BCUT2D eigenvalue weighted by atomic mass is 19.1. The topological polar surface area (TPSA) is 72.5 Å². The molecule has 1 aliphatic heterocycles. The highest BCUT2D eigenvalue weighted by molar-refractivity contribution is 5.82. The number of pyridine rings is 1. The molecule has 1 unspecified atom stereocenters. The Balaban J connectivity index is 0.000000471. The average molecular weight is 330 g/mol. The van der Waals surface area contributed by atoms with Crippen LogP contribution in [0.5, 0.6) is 5.75 Å². The summed E-state index contributed by atoms with van der Waals surface area (Å²) in [5, 5.41) is 3.03. The van der Waals surface area contributed by atoms with Crippen LogP contribution in [0.4, 0.5) is 10.1 Å². The highest BCUT2D eigenvalue weighted by Crippen LogP contribution is 2.31. The molecule has 0 amide bonds. The van der Waals surface area contributed by atoms with E-state index in [1.807, 2.05) is 18.2 Å². The number of methoxy groups -OCH3 is 1. The number of ether oxygens (including phenoxy) is 1. The number of halogens is 1. The molecule has 3 N–H and O–H groups in total. The smallest absolute Gasteiger partial charge is 0.255 e. The van der Waals surface area contributed by atoms with Crippen LogP contribution in [0.25, 0.3) is 11.1 Å². The molecule has 3 rings (SSSR count). The van der Waals surface area contributed by atoms with Gasteiger partial charge in [-0.3, -0.25) is 4.99 Å². The molecule has 0 saturated heterocycles. The van der Waals surface area contributed by atoms with Crippen molar-refractivity contribution in [1.82, 2.24) is 4.98 Å². The van der Waals surface area contributed by atoms with Gasteiger partial charge in [-0.15, -0.1) is 0 Å². The van der Waals surface area contributed by atoms with Crippen molar-refractivity contribution in [3.8, 4) is 16.9 Å². The summed E-state index contributed by atoms with van der Waals surface area (Å²) in [6.45, 7) is 4.36. The zero-order valence-corrected chi connectivity index (χ0v) is 14.2. The van der Waals surface area contributed by atoms with E-state index < -0.39 is 12.1 Å². The van der Waals surface area contributed by atoms with Crippen LogP contribution >= 0.6 is 0 Å². The summed E-state index contributed by atoms with van der Waals surface area (Å²) in [7, 11) is 1.41. The van der Waals surface area contributed by atoms with Crippen LogP contribution in [0.15, 0.2) is 35.5 Å². The molecule has 0 aliphatic carbocycles. The molecular formula is C18H23FN4O. The molecule has 0 fully saturated rings. The minimum absolute atomic E-state index is 0.112. The first-order valence-corrected chi connectivity index (χ1v) is 7.98. The maximum Gasteiger partial charge on any atom is 0.255 e. The first kappa shape index (κ1) is 17.9. The minimum atomic E-state index is -0.628. The van der Waals surface area contributed by atoms with Crippen molar-refractivity contribution < 1.29 is 9.13 Å². The van der Waals surface area contributed by atoms with Crippen molar-refractivity contribution in [2.75, 3.05) is 12.4 Å². The number of anilines is 1. The van der Waals surface area contributed by atoms with Gasteiger partial charge >= 0.3 is 0 Å². The fourth-order valence-corrected chi connectivity index (χ4v) is 2.11. The van der Waals surface area contributed by atoms with E-state index in [0.29, 0.717) is 0 Å². The van der Waals surface area contributed by atoms with Crippen molar-refractivity contribution in [2.45, 2.75) is 32.9 Å². The number of nitrogens with zero attached hydrogens (tertiary/aromatic N) is 2. The maximum atomic E-state index is 13.3. The second-order valence-corrected chi connectivity index (χ2v) is 5.39. The molecule has 128 valence electrons. The van der Waals surface area contributed by atoms with Crippen LogP contribution in [0.3, 0.4) is 0 Å². The molecule has 2 heterocycles. The monoisotopic (exact) mass is 330 g/mol. The lowest BCUT2D eigenvalue weighted by Crippen LogP contribution is -2.16. The van der Waals surface area contributed by atoms with Crippen LogP contribution in [-0.2, 0) is 0 Å². The second kappa shape index (κ2) is 8.40. The molecule has 24 heavy (non-hydrogen) atoms. The first-order chi connectivity index (χ1) is 11.6. The number of aromatic nitrogens is 1. The van der Waals surface area contributed by atoms with E-state index in [-0.39, 0.29) is 5.75 Å². The summed E-state index contributed by atoms with van der Waals surface area (Å²) in [4.78, 5) is 7.78. The van der Waals surface area contributed by atoms with Crippen molar-refractivity contribution in [2.24, 2.45) is 10.7 Å². The average Bonchev–Trinajstić information content (AvgIpc) is 2.62. The van der Waals surface area contributed by atoms with E-state index in [4.69, 9.17) is 10.5 Å². The summed E-state index contributed by atoms with van der Waals surface area (Å²) in [5.74, 6) is -0.516. The van der Waals surface area contributed by atoms with Crippen LogP contribution in [-0.4, -0.2) is 18.4 Å². The van der Waals surface area contributed by atoms with Gasteiger partial charge in [0.25, 0.3) is 5.95 Å². The number of nitrogens with two attached hydrogens (primary N) is 1. The fourth-order valence-electron chi connectivity index (χ4n) is 2.11. The number of aliphatic imine (C=N–C) groups is 1. The molecular weight excluding hydrogens is 307 g/mol. The number of unbranched alkanes of at least 4 members (excludes halogenated alkanes) is 1. The van der Waals surface area contributed by atoms with Crippen LogP contribution in [0.1, 0.15) is 38.4 Å². The Kier molecular flexibility index (Phi) is 6.26. The number of hydrogen-bond donors (Lipinski definition) is 2. The van der Waals surface area contributed by atoms with Gasteiger partial charge in [-0.1, -0.05) is 32.8 Å². The predicted molar refractivity (Wildman–Crippen MR) is 95.8 cm³/mol. The van der Waals surface area contributed by atoms with E-state index in [9.17, 15) is 4.39 Å². The van der Waals surface area contributed by atoms with Crippen LogP contribution in [0, 0.1) is 5.95 Å². The Labute approximate surface area is 141 Å². The molecule has 0 radical (unpaired) electrons. The second-order valence-electron chi connectivity index (χ2n) is 5.39. The van der Waals surface area contributed by atoms with Crippen molar-refractivity contribution in [1.29, 1.82) is 0 Å². The van der Waals surface area contributed by atoms with Crippen LogP contribution < -0.4 is 15.8 Å². The predicted octanol–water partition coefficient (Wildman–Crippen LogP) is 4.11. The van der Waals surface area contributed by atoms with E-state index >= 15 is 0 Å². The Bertz CT molecular complexity index is 716. The number of hydrogen-bond acceptors (Lipinski definition) is 5. The lowest BCUT2D eigenvalue weighted by molar-refractivity contribution is 0.378. The Morgan fingerprint density at radius 1 is 1.21 bits per heavy atom. The number of fused-ring (bicyclic) bond motifs is 1. The van der Waals surface area contributed by atoms with Gasteiger partial charge in [0, 0.05) is 23.0 Å². The summed E-state index contributed by atoms with van der Waals surface area (Å²) in [5.41, 5.74) is 9.37. The number of nitrogens with one attached hydrogen (secondary N) is 1. The lowest BCUT2D eigenvalue weighted by Gasteiger charge is -2.18. The van der Waals surface area contributed by atoms with Gasteiger partial charge in [0.1, 0.15) is 6.17 Å². The first-order valence-electron chi connectivity index (χ1n) is 7.98. The standard InChI is InChI=1S/C14H13FN4O.C4H10/c1-20-12-5-9(6-17-13(12)15)8-2-3-11-10(4-8)14(16)19-7-18-11;1-3-4-2/h2-7,14H,16H2,1H3,(H,18,19);3-4H2,1-2H3. The van der Waals surface area contributed by atoms with E-state index in [2.05, 4.69) is 29.1 Å². The molecule has 1 aromatic heterocycles. The summed E-state index contributed by atoms with van der Waals surface area (Å²) >= 11 is 0. The molecule has 6 heteroatoms. The third-order valence-corrected chi connectivity index (χ3v) is 3.69. The van der Waals surface area contributed by atoms with Gasteiger partial charge in [-0.05, 0) is 23.8 Å². The molecule has 1 aromatic carbocycles. The van der Waals surface area contributed by atoms with Gasteiger partial charge in [0.05, 0.1) is 13.4 Å². The maximum absolute atomic E-state index is 13.3. The Hall–Kier alpha value is -2.47. The van der Waals surface area contributed by atoms with Crippen molar-refractivity contribution in [3.05, 3.63) is 42.0 Å². The molecule has 0 spiro atoms. The largest absolute Gasteiger partial charge is 0.492 e. The van der Waals surface area contributed by atoms with Gasteiger partial charge in [0.15, 0.2) is 5.75 Å². The number of rotatable bonds is 3. The Morgan fingerprint density at radius 3 is 2.62 bits per heavy atom. The van der Waals surface area contributed by atoms with E-state index in [0.717, 1.165) is 22.4 Å². The molecule has 1 atom stereocenters. The molecule has 1 aliphatic rings. The zero-order valence-electron chi connectivity index (χ0n) is 14.2. The highest BCUT2D eigenvalue weighted by Gasteiger charge is 2.15. The molecule has 0 saturated carbocycles. The quantitative estimate of drug-likeness (QED) is 0.831. The SMILES string of the molecule is CCCC.COc1cc(-c2ccc3c(c2)C(N)N=CN3)cnc1F. The van der Waals surface area contributed by atoms with Gasteiger partial charge in [-0.2, -0.15) is 4.39 Å². The summed E-state index contributed by atoms with van der Waals surface area (Å²) < 4.78 is 18.3. The normalized spacial score (nSPS) is 15.0. The molecule has 0 bridgehead atoms. The van der Waals surface area contributed by atoms with Crippen LogP contribution in [0.2, 0.25) is 0 Å². The zero-order chi connectivity index (χ0) is 17.5. The van der Waals surface area contributed by atoms with Crippen molar-refractivity contribution in [3.63, 3.8) is 0 Å². The van der Waals surface area contributed by atoms with Gasteiger partial charge in [-0.25, -0.2) is 4.98 Å². The Morgan fingerprint density at radius 2 is 1.96 bits per heavy atom. The molecule has 5 nitrogen and oxygen atoms in total. The van der Waals surface area contributed by atoms with E-state index in [1.165, 1.54) is 26.1 Å². The minimum Gasteiger partial charge on any atom is -0.492 e. The number of benzene rings is 1.